The standard InChI is InChI=1S/C24H16N2/c25-17-22-13-11-20(12-14-22)6-5-19-7-9-21(10-8-19)15-16-23-3-1-2-4-24(23)18-26/h1-16H. The molecule has 0 fully saturated rings. The van der Waals surface area contributed by atoms with E-state index < -0.39 is 0 Å². The van der Waals surface area contributed by atoms with E-state index in [0.29, 0.717) is 11.1 Å². The number of benzene rings is 3. The zero-order chi connectivity index (χ0) is 18.2. The average molecular weight is 332 g/mol. The molecule has 0 aliphatic carbocycles. The van der Waals surface area contributed by atoms with E-state index in [2.05, 4.69) is 24.3 Å². The summed E-state index contributed by atoms with van der Waals surface area (Å²) in [7, 11) is 0. The summed E-state index contributed by atoms with van der Waals surface area (Å²) < 4.78 is 0. The highest BCUT2D eigenvalue weighted by molar-refractivity contribution is 5.74. The lowest BCUT2D eigenvalue weighted by atomic mass is 10.1. The molecule has 2 nitrogen and oxygen atoms in total. The summed E-state index contributed by atoms with van der Waals surface area (Å²) in [6, 6.07) is 27.5. The normalized spacial score (nSPS) is 10.7. The third-order valence-electron chi connectivity index (χ3n) is 3.98. The number of hydrogen-bond donors (Lipinski definition) is 0. The largest absolute Gasteiger partial charge is 0.192 e. The van der Waals surface area contributed by atoms with Crippen molar-refractivity contribution in [1.82, 2.24) is 0 Å². The Morgan fingerprint density at radius 3 is 1.58 bits per heavy atom. The van der Waals surface area contributed by atoms with Gasteiger partial charge >= 0.3 is 0 Å². The van der Waals surface area contributed by atoms with Gasteiger partial charge in [0.2, 0.25) is 0 Å². The van der Waals surface area contributed by atoms with Crippen molar-refractivity contribution in [3.63, 3.8) is 0 Å². The SMILES string of the molecule is N#Cc1ccc(C=Cc2ccc(C=Cc3ccccc3C#N)cc2)cc1. The maximum Gasteiger partial charge on any atom is 0.0997 e. The van der Waals surface area contributed by atoms with Gasteiger partial charge in [0.15, 0.2) is 0 Å². The lowest BCUT2D eigenvalue weighted by molar-refractivity contribution is 1.47. The summed E-state index contributed by atoms with van der Waals surface area (Å²) in [6.45, 7) is 0. The fraction of sp³-hybridized carbons (Fsp3) is 0. The molecule has 0 radical (unpaired) electrons. The van der Waals surface area contributed by atoms with E-state index in [1.807, 2.05) is 85.0 Å². The monoisotopic (exact) mass is 332 g/mol. The van der Waals surface area contributed by atoms with Crippen LogP contribution in [0.3, 0.4) is 0 Å². The minimum Gasteiger partial charge on any atom is -0.192 e. The Labute approximate surface area is 153 Å². The van der Waals surface area contributed by atoms with E-state index in [4.69, 9.17) is 10.5 Å². The fourth-order valence-corrected chi connectivity index (χ4v) is 2.51. The van der Waals surface area contributed by atoms with Crippen molar-refractivity contribution in [2.45, 2.75) is 0 Å². The topological polar surface area (TPSA) is 47.6 Å². The number of nitrogens with zero attached hydrogens (tertiary/aromatic N) is 2. The van der Waals surface area contributed by atoms with Crippen LogP contribution in [0.5, 0.6) is 0 Å². The Balaban J connectivity index is 1.70. The van der Waals surface area contributed by atoms with Gasteiger partial charge in [-0.25, -0.2) is 0 Å². The summed E-state index contributed by atoms with van der Waals surface area (Å²) in [5.74, 6) is 0. The number of hydrogen-bond acceptors (Lipinski definition) is 2. The second kappa shape index (κ2) is 8.29. The average Bonchev–Trinajstić information content (AvgIpc) is 2.72. The Morgan fingerprint density at radius 2 is 1.04 bits per heavy atom. The minimum absolute atomic E-state index is 0.663. The first-order valence-corrected chi connectivity index (χ1v) is 8.24. The van der Waals surface area contributed by atoms with Gasteiger partial charge in [-0.1, -0.05) is 78.9 Å². The van der Waals surface area contributed by atoms with E-state index in [-0.39, 0.29) is 0 Å². The third-order valence-corrected chi connectivity index (χ3v) is 3.98. The molecular weight excluding hydrogens is 316 g/mol. The van der Waals surface area contributed by atoms with Crippen LogP contribution in [0.2, 0.25) is 0 Å². The molecule has 3 aromatic rings. The molecule has 0 N–H and O–H groups in total. The van der Waals surface area contributed by atoms with Gasteiger partial charge in [0.1, 0.15) is 0 Å². The van der Waals surface area contributed by atoms with Crippen LogP contribution < -0.4 is 0 Å². The summed E-state index contributed by atoms with van der Waals surface area (Å²) in [5.41, 5.74) is 5.49. The summed E-state index contributed by atoms with van der Waals surface area (Å²) in [4.78, 5) is 0. The molecule has 3 aromatic carbocycles. The van der Waals surface area contributed by atoms with Gasteiger partial charge < -0.3 is 0 Å². The van der Waals surface area contributed by atoms with Gasteiger partial charge in [-0.3, -0.25) is 0 Å². The zero-order valence-electron chi connectivity index (χ0n) is 14.1. The first kappa shape index (κ1) is 17.0. The molecule has 0 bridgehead atoms. The molecular formula is C24H16N2. The minimum atomic E-state index is 0.663. The van der Waals surface area contributed by atoms with Gasteiger partial charge in [0.05, 0.1) is 23.3 Å². The second-order valence-corrected chi connectivity index (χ2v) is 5.77. The first-order valence-electron chi connectivity index (χ1n) is 8.24. The summed E-state index contributed by atoms with van der Waals surface area (Å²) >= 11 is 0. The van der Waals surface area contributed by atoms with Crippen LogP contribution >= 0.6 is 0 Å². The Bertz CT molecular complexity index is 1030. The maximum absolute atomic E-state index is 9.13. The van der Waals surface area contributed by atoms with E-state index in [9.17, 15) is 0 Å². The van der Waals surface area contributed by atoms with E-state index in [1.165, 1.54) is 0 Å². The van der Waals surface area contributed by atoms with Crippen LogP contribution in [0.4, 0.5) is 0 Å². The molecule has 26 heavy (non-hydrogen) atoms. The van der Waals surface area contributed by atoms with E-state index in [1.54, 1.807) is 0 Å². The van der Waals surface area contributed by atoms with Crippen molar-refractivity contribution >= 4 is 24.3 Å². The van der Waals surface area contributed by atoms with Crippen LogP contribution in [0, 0.1) is 22.7 Å². The predicted octanol–water partition coefficient (Wildman–Crippen LogP) is 5.77. The second-order valence-electron chi connectivity index (χ2n) is 5.77. The molecule has 0 spiro atoms. The third kappa shape index (κ3) is 4.35. The van der Waals surface area contributed by atoms with Gasteiger partial charge in [0, 0.05) is 0 Å². The lowest BCUT2D eigenvalue weighted by Gasteiger charge is -1.99. The van der Waals surface area contributed by atoms with Crippen molar-refractivity contribution < 1.29 is 0 Å². The van der Waals surface area contributed by atoms with Gasteiger partial charge in [-0.15, -0.1) is 0 Å². The molecule has 0 saturated heterocycles. The quantitative estimate of drug-likeness (QED) is 0.569. The first-order chi connectivity index (χ1) is 12.8. The van der Waals surface area contributed by atoms with Gasteiger partial charge in [0.25, 0.3) is 0 Å². The molecule has 0 amide bonds. The Morgan fingerprint density at radius 1 is 0.538 bits per heavy atom. The van der Waals surface area contributed by atoms with Crippen molar-refractivity contribution in [2.24, 2.45) is 0 Å². The zero-order valence-corrected chi connectivity index (χ0v) is 14.1. The van der Waals surface area contributed by atoms with E-state index in [0.717, 1.165) is 22.3 Å². The lowest BCUT2D eigenvalue weighted by Crippen LogP contribution is -1.80. The molecule has 0 saturated carbocycles. The molecule has 122 valence electrons. The highest BCUT2D eigenvalue weighted by atomic mass is 14.2. The molecule has 0 atom stereocenters. The van der Waals surface area contributed by atoms with Crippen LogP contribution in [-0.4, -0.2) is 0 Å². The Kier molecular flexibility index (Phi) is 5.41. The molecule has 0 aliphatic rings. The number of nitriles is 2. The van der Waals surface area contributed by atoms with E-state index >= 15 is 0 Å². The molecule has 2 heteroatoms. The summed E-state index contributed by atoms with van der Waals surface area (Å²) in [6.07, 6.45) is 8.03. The molecule has 0 aromatic heterocycles. The highest BCUT2D eigenvalue weighted by Gasteiger charge is 1.96. The molecule has 3 rings (SSSR count). The maximum atomic E-state index is 9.13. The molecule has 0 heterocycles. The predicted molar refractivity (Wildman–Crippen MR) is 107 cm³/mol. The smallest absolute Gasteiger partial charge is 0.0997 e. The van der Waals surface area contributed by atoms with Crippen molar-refractivity contribution in [3.05, 3.63) is 106 Å². The van der Waals surface area contributed by atoms with Gasteiger partial charge in [-0.05, 0) is 40.5 Å². The highest BCUT2D eigenvalue weighted by Crippen LogP contribution is 2.14. The Hall–Kier alpha value is -3.88. The fourth-order valence-electron chi connectivity index (χ4n) is 2.51. The van der Waals surface area contributed by atoms with Crippen molar-refractivity contribution in [3.8, 4) is 12.1 Å². The number of rotatable bonds is 4. The molecule has 0 aliphatic heterocycles. The molecule has 0 unspecified atom stereocenters. The van der Waals surface area contributed by atoms with Crippen LogP contribution in [-0.2, 0) is 0 Å². The van der Waals surface area contributed by atoms with Crippen LogP contribution in [0.1, 0.15) is 33.4 Å². The van der Waals surface area contributed by atoms with Crippen molar-refractivity contribution in [1.29, 1.82) is 10.5 Å². The summed E-state index contributed by atoms with van der Waals surface area (Å²) in [5, 5.41) is 17.9. The van der Waals surface area contributed by atoms with Crippen LogP contribution in [0.25, 0.3) is 24.3 Å². The van der Waals surface area contributed by atoms with Crippen LogP contribution in [0.15, 0.2) is 72.8 Å². The van der Waals surface area contributed by atoms with Crippen molar-refractivity contribution in [2.75, 3.05) is 0 Å². The van der Waals surface area contributed by atoms with Gasteiger partial charge in [-0.2, -0.15) is 10.5 Å².